The molecule has 0 radical (unpaired) electrons. The molecule has 3 aromatic rings. The van der Waals surface area contributed by atoms with Crippen LogP contribution in [0.4, 0.5) is 4.79 Å². The highest BCUT2D eigenvalue weighted by Crippen LogP contribution is 2.35. The summed E-state index contributed by atoms with van der Waals surface area (Å²) in [5, 5.41) is 21.1. The van der Waals surface area contributed by atoms with Gasteiger partial charge in [-0.1, -0.05) is 24.3 Å². The molecule has 40 heavy (non-hydrogen) atoms. The standard InChI is InChI=1S/C29H35N5O6/c1-6-39-24-13-19(27-26(28(36)38-5)18(4)31-29(37)32-27)11-12-23(24)40-16-25(35)33-30-14-20-15-34(17(2)3)22-10-8-7-9-21(20)22/h7-15,17,25,27,33,35H,6,16H2,1-5H3,(H2,31,32,37)/b30-14+/t25-,27-/m1/s1. The number of aliphatic hydroxyl groups excluding tert-OH is 1. The minimum absolute atomic E-state index is 0.110. The minimum atomic E-state index is -1.09. The normalized spacial score (nSPS) is 16.2. The summed E-state index contributed by atoms with van der Waals surface area (Å²) >= 11 is 0. The fraction of sp³-hybridized carbons (Fsp3) is 0.345. The first kappa shape index (κ1) is 28.5. The van der Waals surface area contributed by atoms with Crippen molar-refractivity contribution in [3.63, 3.8) is 0 Å². The zero-order chi connectivity index (χ0) is 28.8. The number of esters is 1. The molecule has 0 fully saturated rings. The minimum Gasteiger partial charge on any atom is -0.490 e. The van der Waals surface area contributed by atoms with Gasteiger partial charge in [0.2, 0.25) is 0 Å². The number of methoxy groups -OCH3 is 1. The fourth-order valence-electron chi connectivity index (χ4n) is 4.58. The summed E-state index contributed by atoms with van der Waals surface area (Å²) in [7, 11) is 1.28. The summed E-state index contributed by atoms with van der Waals surface area (Å²) in [4.78, 5) is 24.5. The molecule has 11 heteroatoms. The Morgan fingerprint density at radius 1 is 1.20 bits per heavy atom. The molecular weight excluding hydrogens is 514 g/mol. The van der Waals surface area contributed by atoms with Crippen molar-refractivity contribution in [1.82, 2.24) is 20.6 Å². The molecule has 2 atom stereocenters. The molecule has 2 aromatic carbocycles. The Kier molecular flexibility index (Phi) is 8.95. The number of fused-ring (bicyclic) bond motifs is 1. The first-order valence-electron chi connectivity index (χ1n) is 13.1. The van der Waals surface area contributed by atoms with E-state index in [1.165, 1.54) is 7.11 Å². The quantitative estimate of drug-likeness (QED) is 0.124. The number of nitrogens with one attached hydrogen (secondary N) is 3. The molecule has 0 saturated carbocycles. The second kappa shape index (κ2) is 12.6. The van der Waals surface area contributed by atoms with Gasteiger partial charge in [0.15, 0.2) is 17.7 Å². The molecule has 0 unspecified atom stereocenters. The van der Waals surface area contributed by atoms with Crippen LogP contribution in [0.25, 0.3) is 10.9 Å². The van der Waals surface area contributed by atoms with Gasteiger partial charge in [-0.25, -0.2) is 9.59 Å². The molecule has 212 valence electrons. The Hall–Kier alpha value is -4.51. The van der Waals surface area contributed by atoms with E-state index < -0.39 is 24.3 Å². The second-order valence-corrected chi connectivity index (χ2v) is 9.52. The van der Waals surface area contributed by atoms with Gasteiger partial charge in [-0.2, -0.15) is 5.10 Å². The number of ether oxygens (including phenoxy) is 3. The smallest absolute Gasteiger partial charge is 0.337 e. The van der Waals surface area contributed by atoms with Crippen LogP contribution in [0.2, 0.25) is 0 Å². The van der Waals surface area contributed by atoms with Gasteiger partial charge in [0.05, 0.1) is 31.5 Å². The van der Waals surface area contributed by atoms with E-state index in [4.69, 9.17) is 14.2 Å². The number of hydrazone groups is 1. The van der Waals surface area contributed by atoms with E-state index in [9.17, 15) is 14.7 Å². The Morgan fingerprint density at radius 3 is 2.70 bits per heavy atom. The maximum Gasteiger partial charge on any atom is 0.337 e. The summed E-state index contributed by atoms with van der Waals surface area (Å²) in [5.74, 6) is 0.222. The van der Waals surface area contributed by atoms with Gasteiger partial charge >= 0.3 is 12.0 Å². The lowest BCUT2D eigenvalue weighted by Crippen LogP contribution is -2.45. The van der Waals surface area contributed by atoms with Crippen LogP contribution in [0.1, 0.15) is 50.9 Å². The maximum absolute atomic E-state index is 12.4. The molecule has 11 nitrogen and oxygen atoms in total. The Balaban J connectivity index is 1.45. The molecular formula is C29H35N5O6. The van der Waals surface area contributed by atoms with E-state index in [-0.39, 0.29) is 12.2 Å². The third-order valence-electron chi connectivity index (χ3n) is 6.43. The highest BCUT2D eigenvalue weighted by Gasteiger charge is 2.32. The van der Waals surface area contributed by atoms with E-state index in [0.29, 0.717) is 35.4 Å². The number of para-hydroxylation sites is 1. The Bertz CT molecular complexity index is 1440. The van der Waals surface area contributed by atoms with Gasteiger partial charge in [0.1, 0.15) is 6.61 Å². The number of allylic oxidation sites excluding steroid dienone is 1. The molecule has 1 aliphatic heterocycles. The molecule has 1 aliphatic rings. The number of rotatable bonds is 11. The lowest BCUT2D eigenvalue weighted by molar-refractivity contribution is -0.136. The van der Waals surface area contributed by atoms with Gasteiger partial charge in [0.25, 0.3) is 0 Å². The van der Waals surface area contributed by atoms with Crippen molar-refractivity contribution in [2.45, 2.75) is 46.0 Å². The molecule has 1 aromatic heterocycles. The number of amides is 2. The Labute approximate surface area is 232 Å². The summed E-state index contributed by atoms with van der Waals surface area (Å²) < 4.78 is 18.7. The number of hydrogen-bond acceptors (Lipinski definition) is 8. The maximum atomic E-state index is 12.4. The lowest BCUT2D eigenvalue weighted by Gasteiger charge is -2.28. The third-order valence-corrected chi connectivity index (χ3v) is 6.43. The number of aromatic nitrogens is 1. The topological polar surface area (TPSA) is 135 Å². The molecule has 0 aliphatic carbocycles. The average Bonchev–Trinajstić information content (AvgIpc) is 3.30. The molecule has 2 heterocycles. The summed E-state index contributed by atoms with van der Waals surface area (Å²) in [6.07, 6.45) is 2.61. The predicted octanol–water partition coefficient (Wildman–Crippen LogP) is 3.74. The van der Waals surface area contributed by atoms with Gasteiger partial charge < -0.3 is 34.5 Å². The van der Waals surface area contributed by atoms with Gasteiger partial charge in [-0.15, -0.1) is 0 Å². The van der Waals surface area contributed by atoms with Crippen molar-refractivity contribution in [1.29, 1.82) is 0 Å². The highest BCUT2D eigenvalue weighted by atomic mass is 16.5. The number of carbonyl (C=O) groups excluding carboxylic acids is 2. The molecule has 0 saturated heterocycles. The number of benzene rings is 2. The van der Waals surface area contributed by atoms with Crippen molar-refractivity contribution in [3.05, 3.63) is 71.1 Å². The zero-order valence-corrected chi connectivity index (χ0v) is 23.2. The summed E-state index contributed by atoms with van der Waals surface area (Å²) in [6, 6.07) is 12.3. The van der Waals surface area contributed by atoms with E-state index in [0.717, 1.165) is 16.5 Å². The van der Waals surface area contributed by atoms with Crippen molar-refractivity contribution in [3.8, 4) is 11.5 Å². The van der Waals surface area contributed by atoms with Crippen LogP contribution in [0.15, 0.2) is 65.0 Å². The van der Waals surface area contributed by atoms with Crippen LogP contribution in [0.3, 0.4) is 0 Å². The highest BCUT2D eigenvalue weighted by molar-refractivity contribution is 5.99. The summed E-state index contributed by atoms with van der Waals surface area (Å²) in [5.41, 5.74) is 6.03. The molecule has 2 amide bonds. The van der Waals surface area contributed by atoms with Crippen molar-refractivity contribution >= 4 is 29.1 Å². The van der Waals surface area contributed by atoms with Crippen LogP contribution in [0, 0.1) is 0 Å². The van der Waals surface area contributed by atoms with E-state index in [1.54, 1.807) is 31.3 Å². The van der Waals surface area contributed by atoms with Crippen LogP contribution in [0.5, 0.6) is 11.5 Å². The van der Waals surface area contributed by atoms with Gasteiger partial charge in [-0.3, -0.25) is 5.43 Å². The Morgan fingerprint density at radius 2 is 1.98 bits per heavy atom. The number of hydrogen-bond donors (Lipinski definition) is 4. The molecule has 0 bridgehead atoms. The fourth-order valence-corrected chi connectivity index (χ4v) is 4.58. The summed E-state index contributed by atoms with van der Waals surface area (Å²) in [6.45, 7) is 7.95. The number of nitrogens with zero attached hydrogens (tertiary/aromatic N) is 2. The van der Waals surface area contributed by atoms with Crippen LogP contribution >= 0.6 is 0 Å². The van der Waals surface area contributed by atoms with E-state index >= 15 is 0 Å². The molecule has 0 spiro atoms. The van der Waals surface area contributed by atoms with Gasteiger partial charge in [0, 0.05) is 34.4 Å². The lowest BCUT2D eigenvalue weighted by atomic mass is 9.95. The second-order valence-electron chi connectivity index (χ2n) is 9.52. The molecule has 4 N–H and O–H groups in total. The molecule has 4 rings (SSSR count). The van der Waals surface area contributed by atoms with E-state index in [2.05, 4.69) is 45.6 Å². The van der Waals surface area contributed by atoms with Crippen LogP contribution in [-0.4, -0.2) is 54.4 Å². The van der Waals surface area contributed by atoms with Crippen LogP contribution in [-0.2, 0) is 9.53 Å². The predicted molar refractivity (Wildman–Crippen MR) is 151 cm³/mol. The van der Waals surface area contributed by atoms with Gasteiger partial charge in [-0.05, 0) is 51.5 Å². The average molecular weight is 550 g/mol. The van der Waals surface area contributed by atoms with Crippen molar-refractivity contribution in [2.24, 2.45) is 5.10 Å². The monoisotopic (exact) mass is 549 g/mol. The van der Waals surface area contributed by atoms with Crippen LogP contribution < -0.4 is 25.5 Å². The number of aliphatic hydroxyl groups is 1. The third kappa shape index (κ3) is 6.20. The zero-order valence-electron chi connectivity index (χ0n) is 23.2. The van der Waals surface area contributed by atoms with E-state index in [1.807, 2.05) is 31.3 Å². The number of urea groups is 1. The first-order valence-corrected chi connectivity index (χ1v) is 13.1. The van der Waals surface area contributed by atoms with Crippen molar-refractivity contribution in [2.75, 3.05) is 20.3 Å². The first-order chi connectivity index (χ1) is 19.2. The SMILES string of the molecule is CCOc1cc([C@H]2NC(=O)NC(C)=C2C(=O)OC)ccc1OC[C@@H](O)N/N=C/c1cn(C(C)C)c2ccccc12. The number of carbonyl (C=O) groups is 2. The van der Waals surface area contributed by atoms with Crippen molar-refractivity contribution < 1.29 is 28.9 Å². The largest absolute Gasteiger partial charge is 0.490 e.